The molecule has 0 amide bonds. The van der Waals surface area contributed by atoms with Crippen LogP contribution in [-0.2, 0) is 5.88 Å². The second-order valence-corrected chi connectivity index (χ2v) is 4.94. The zero-order chi connectivity index (χ0) is 10.8. The van der Waals surface area contributed by atoms with Crippen molar-refractivity contribution in [2.24, 2.45) is 0 Å². The molecule has 1 aromatic carbocycles. The van der Waals surface area contributed by atoms with Gasteiger partial charge in [0.15, 0.2) is 0 Å². The van der Waals surface area contributed by atoms with Crippen LogP contribution in [0.2, 0.25) is 0 Å². The molecule has 0 bridgehead atoms. The third-order valence-electron chi connectivity index (χ3n) is 1.85. The van der Waals surface area contributed by atoms with Crippen LogP contribution >= 0.6 is 38.9 Å². The number of rotatable bonds is 2. The second-order valence-electron chi connectivity index (χ2n) is 2.90. The molecule has 2 aromatic rings. The first kappa shape index (κ1) is 11.0. The summed E-state index contributed by atoms with van der Waals surface area (Å²) in [6.45, 7) is 0. The fraction of sp³-hybridized carbons (Fsp3) is 0.100. The smallest absolute Gasteiger partial charge is 0.134 e. The molecule has 0 radical (unpaired) electrons. The zero-order valence-corrected chi connectivity index (χ0v) is 10.7. The standard InChI is InChI=1S/C10H6BrClFNS/c11-6-1-2-8(9(13)3-6)10-14-7(4-12)5-15-10/h1-3,5H,4H2. The van der Waals surface area contributed by atoms with Gasteiger partial charge >= 0.3 is 0 Å². The Morgan fingerprint density at radius 2 is 2.27 bits per heavy atom. The molecule has 0 fully saturated rings. The third-order valence-corrected chi connectivity index (χ3v) is 3.54. The Labute approximate surface area is 104 Å². The Morgan fingerprint density at radius 1 is 1.47 bits per heavy atom. The number of alkyl halides is 1. The molecule has 1 heterocycles. The average molecular weight is 307 g/mol. The lowest BCUT2D eigenvalue weighted by Crippen LogP contribution is -1.84. The highest BCUT2D eigenvalue weighted by Crippen LogP contribution is 2.28. The van der Waals surface area contributed by atoms with Gasteiger partial charge in [-0.1, -0.05) is 15.9 Å². The average Bonchev–Trinajstić information content (AvgIpc) is 2.66. The topological polar surface area (TPSA) is 12.9 Å². The number of halogens is 3. The number of hydrogen-bond donors (Lipinski definition) is 0. The van der Waals surface area contributed by atoms with E-state index in [-0.39, 0.29) is 5.82 Å². The van der Waals surface area contributed by atoms with Crippen molar-refractivity contribution in [3.63, 3.8) is 0 Å². The van der Waals surface area contributed by atoms with Gasteiger partial charge in [0.05, 0.1) is 11.6 Å². The van der Waals surface area contributed by atoms with Crippen LogP contribution in [0.4, 0.5) is 4.39 Å². The quantitative estimate of drug-likeness (QED) is 0.747. The first-order valence-electron chi connectivity index (χ1n) is 4.16. The van der Waals surface area contributed by atoms with Gasteiger partial charge in [0, 0.05) is 15.4 Å². The summed E-state index contributed by atoms with van der Waals surface area (Å²) in [5.74, 6) is 0.0779. The summed E-state index contributed by atoms with van der Waals surface area (Å²) in [5.41, 5.74) is 1.29. The molecular weight excluding hydrogens is 301 g/mol. The maximum absolute atomic E-state index is 13.6. The van der Waals surface area contributed by atoms with Crippen molar-refractivity contribution >= 4 is 38.9 Å². The van der Waals surface area contributed by atoms with Crippen LogP contribution in [0.15, 0.2) is 28.1 Å². The van der Waals surface area contributed by atoms with Gasteiger partial charge in [0.25, 0.3) is 0 Å². The van der Waals surface area contributed by atoms with Gasteiger partial charge in [0.2, 0.25) is 0 Å². The van der Waals surface area contributed by atoms with Crippen LogP contribution in [0.1, 0.15) is 5.69 Å². The van der Waals surface area contributed by atoms with Gasteiger partial charge < -0.3 is 0 Å². The van der Waals surface area contributed by atoms with Crippen molar-refractivity contribution in [2.45, 2.75) is 5.88 Å². The second kappa shape index (κ2) is 4.60. The Hall–Kier alpha value is -0.450. The minimum absolute atomic E-state index is 0.278. The minimum atomic E-state index is -0.278. The highest BCUT2D eigenvalue weighted by Gasteiger charge is 2.09. The van der Waals surface area contributed by atoms with E-state index in [9.17, 15) is 4.39 Å². The van der Waals surface area contributed by atoms with Gasteiger partial charge in [-0.25, -0.2) is 9.37 Å². The summed E-state index contributed by atoms with van der Waals surface area (Å²) >= 11 is 10.2. The normalized spacial score (nSPS) is 10.6. The van der Waals surface area contributed by atoms with Crippen LogP contribution < -0.4 is 0 Å². The van der Waals surface area contributed by atoms with Crippen molar-refractivity contribution in [1.29, 1.82) is 0 Å². The molecule has 0 N–H and O–H groups in total. The zero-order valence-electron chi connectivity index (χ0n) is 7.51. The monoisotopic (exact) mass is 305 g/mol. The molecule has 0 aliphatic carbocycles. The fourth-order valence-corrected chi connectivity index (χ4v) is 2.56. The lowest BCUT2D eigenvalue weighted by molar-refractivity contribution is 0.630. The molecule has 0 aliphatic heterocycles. The SMILES string of the molecule is Fc1cc(Br)ccc1-c1nc(CCl)cs1. The number of nitrogens with zero attached hydrogens (tertiary/aromatic N) is 1. The van der Waals surface area contributed by atoms with Crippen LogP contribution in [0.25, 0.3) is 10.6 Å². The van der Waals surface area contributed by atoms with Gasteiger partial charge in [-0.15, -0.1) is 22.9 Å². The van der Waals surface area contributed by atoms with Crippen LogP contribution in [0.3, 0.4) is 0 Å². The van der Waals surface area contributed by atoms with E-state index in [0.29, 0.717) is 16.5 Å². The first-order valence-corrected chi connectivity index (χ1v) is 6.37. The molecule has 15 heavy (non-hydrogen) atoms. The van der Waals surface area contributed by atoms with Gasteiger partial charge in [-0.3, -0.25) is 0 Å². The molecule has 1 nitrogen and oxygen atoms in total. The molecule has 0 saturated carbocycles. The van der Waals surface area contributed by atoms with Crippen molar-refractivity contribution in [3.05, 3.63) is 39.6 Å². The molecule has 1 aromatic heterocycles. The highest BCUT2D eigenvalue weighted by molar-refractivity contribution is 9.10. The first-order chi connectivity index (χ1) is 7.20. The molecule has 0 spiro atoms. The van der Waals surface area contributed by atoms with E-state index in [1.807, 2.05) is 5.38 Å². The van der Waals surface area contributed by atoms with Crippen molar-refractivity contribution < 1.29 is 4.39 Å². The van der Waals surface area contributed by atoms with E-state index in [0.717, 1.165) is 10.2 Å². The molecule has 0 unspecified atom stereocenters. The number of hydrogen-bond acceptors (Lipinski definition) is 2. The number of benzene rings is 1. The lowest BCUT2D eigenvalue weighted by Gasteiger charge is -1.98. The van der Waals surface area contributed by atoms with Crippen LogP contribution in [-0.4, -0.2) is 4.98 Å². The van der Waals surface area contributed by atoms with E-state index in [2.05, 4.69) is 20.9 Å². The minimum Gasteiger partial charge on any atom is -0.240 e. The van der Waals surface area contributed by atoms with Gasteiger partial charge in [-0.2, -0.15) is 0 Å². The molecule has 0 atom stereocenters. The molecule has 0 saturated heterocycles. The number of aromatic nitrogens is 1. The fourth-order valence-electron chi connectivity index (χ4n) is 1.15. The Bertz CT molecular complexity index is 486. The Balaban J connectivity index is 2.44. The van der Waals surface area contributed by atoms with Crippen molar-refractivity contribution in [1.82, 2.24) is 4.98 Å². The van der Waals surface area contributed by atoms with E-state index < -0.39 is 0 Å². The highest BCUT2D eigenvalue weighted by atomic mass is 79.9. The summed E-state index contributed by atoms with van der Waals surface area (Å²) in [5, 5.41) is 2.50. The summed E-state index contributed by atoms with van der Waals surface area (Å²) in [6.07, 6.45) is 0. The maximum atomic E-state index is 13.6. The van der Waals surface area contributed by atoms with Gasteiger partial charge in [-0.05, 0) is 18.2 Å². The van der Waals surface area contributed by atoms with E-state index in [1.165, 1.54) is 17.4 Å². The maximum Gasteiger partial charge on any atom is 0.134 e. The lowest BCUT2D eigenvalue weighted by atomic mass is 10.2. The van der Waals surface area contributed by atoms with Crippen LogP contribution in [0.5, 0.6) is 0 Å². The summed E-state index contributed by atoms with van der Waals surface area (Å²) < 4.78 is 14.3. The predicted octanol–water partition coefficient (Wildman–Crippen LogP) is 4.45. The number of thiazole rings is 1. The van der Waals surface area contributed by atoms with E-state index >= 15 is 0 Å². The summed E-state index contributed by atoms with van der Waals surface area (Å²) in [4.78, 5) is 4.22. The Morgan fingerprint density at radius 3 is 2.87 bits per heavy atom. The summed E-state index contributed by atoms with van der Waals surface area (Å²) in [7, 11) is 0. The molecule has 5 heteroatoms. The Kier molecular flexibility index (Phi) is 3.38. The van der Waals surface area contributed by atoms with Crippen LogP contribution in [0, 0.1) is 5.82 Å². The molecular formula is C10H6BrClFNS. The van der Waals surface area contributed by atoms with Crippen molar-refractivity contribution in [3.8, 4) is 10.6 Å². The van der Waals surface area contributed by atoms with Gasteiger partial charge in [0.1, 0.15) is 10.8 Å². The predicted molar refractivity (Wildman–Crippen MR) is 64.8 cm³/mol. The van der Waals surface area contributed by atoms with Crippen molar-refractivity contribution in [2.75, 3.05) is 0 Å². The molecule has 0 aliphatic rings. The largest absolute Gasteiger partial charge is 0.240 e. The van der Waals surface area contributed by atoms with E-state index in [4.69, 9.17) is 11.6 Å². The molecule has 78 valence electrons. The third kappa shape index (κ3) is 2.38. The molecule has 2 rings (SSSR count). The summed E-state index contributed by atoms with van der Waals surface area (Å²) in [6, 6.07) is 4.92. The van der Waals surface area contributed by atoms with E-state index in [1.54, 1.807) is 12.1 Å².